The van der Waals surface area contributed by atoms with Crippen LogP contribution in [0, 0.1) is 0 Å². The number of urea groups is 1. The quantitative estimate of drug-likeness (QED) is 0.870. The molecule has 1 aliphatic heterocycles. The lowest BCUT2D eigenvalue weighted by atomic mass is 10.1. The van der Waals surface area contributed by atoms with Crippen LogP contribution in [0.2, 0.25) is 0 Å². The fourth-order valence-corrected chi connectivity index (χ4v) is 2.91. The molecule has 0 unspecified atom stereocenters. The van der Waals surface area contributed by atoms with Crippen LogP contribution >= 0.6 is 0 Å². The van der Waals surface area contributed by atoms with E-state index in [0.717, 1.165) is 41.1 Å². The van der Waals surface area contributed by atoms with Gasteiger partial charge in [0.15, 0.2) is 0 Å². The summed E-state index contributed by atoms with van der Waals surface area (Å²) in [6, 6.07) is -0.332. The van der Waals surface area contributed by atoms with Gasteiger partial charge in [-0.15, -0.1) is 0 Å². The van der Waals surface area contributed by atoms with Crippen LogP contribution in [0.4, 0.5) is 10.7 Å². The molecule has 0 fully saturated rings. The van der Waals surface area contributed by atoms with Crippen molar-refractivity contribution < 1.29 is 9.53 Å². The Labute approximate surface area is 140 Å². The van der Waals surface area contributed by atoms with Crippen LogP contribution in [-0.2, 0) is 44.4 Å². The minimum absolute atomic E-state index is 0.286. The normalized spacial score (nSPS) is 13.0. The molecule has 8 heteroatoms. The molecule has 128 valence electrons. The van der Waals surface area contributed by atoms with Crippen molar-refractivity contribution in [3.63, 3.8) is 0 Å². The summed E-state index contributed by atoms with van der Waals surface area (Å²) in [7, 11) is 1.93. The number of aryl methyl sites for hydroxylation is 2. The molecular weight excluding hydrogens is 308 g/mol. The fourth-order valence-electron chi connectivity index (χ4n) is 2.91. The molecule has 0 aliphatic carbocycles. The molecule has 2 aromatic rings. The zero-order chi connectivity index (χ0) is 17.1. The Hall–Kier alpha value is -2.48. The lowest BCUT2D eigenvalue weighted by Crippen LogP contribution is -2.29. The van der Waals surface area contributed by atoms with Crippen molar-refractivity contribution in [2.24, 2.45) is 7.05 Å². The van der Waals surface area contributed by atoms with Gasteiger partial charge in [0.25, 0.3) is 0 Å². The fraction of sp³-hybridized carbons (Fsp3) is 0.500. The van der Waals surface area contributed by atoms with Crippen LogP contribution in [0.5, 0.6) is 0 Å². The predicted molar refractivity (Wildman–Crippen MR) is 88.3 cm³/mol. The van der Waals surface area contributed by atoms with Gasteiger partial charge in [-0.25, -0.2) is 14.8 Å². The van der Waals surface area contributed by atoms with Gasteiger partial charge in [0.2, 0.25) is 5.95 Å². The van der Waals surface area contributed by atoms with Gasteiger partial charge >= 0.3 is 6.03 Å². The zero-order valence-corrected chi connectivity index (χ0v) is 14.2. The Kier molecular flexibility index (Phi) is 4.75. The first-order valence-corrected chi connectivity index (χ1v) is 8.13. The zero-order valence-electron chi connectivity index (χ0n) is 14.2. The Bertz CT molecular complexity index is 755. The van der Waals surface area contributed by atoms with Crippen molar-refractivity contribution in [3.05, 3.63) is 34.4 Å². The van der Waals surface area contributed by atoms with Crippen molar-refractivity contribution in [1.82, 2.24) is 25.1 Å². The molecule has 0 spiro atoms. The van der Waals surface area contributed by atoms with E-state index in [-0.39, 0.29) is 12.0 Å². The van der Waals surface area contributed by atoms with Gasteiger partial charge in [0, 0.05) is 36.6 Å². The average molecular weight is 330 g/mol. The van der Waals surface area contributed by atoms with Crippen LogP contribution < -0.4 is 10.6 Å². The second kappa shape index (κ2) is 6.96. The first-order chi connectivity index (χ1) is 11.6. The second-order valence-electron chi connectivity index (χ2n) is 5.67. The summed E-state index contributed by atoms with van der Waals surface area (Å²) >= 11 is 0. The molecule has 2 N–H and O–H groups in total. The molecule has 2 aromatic heterocycles. The number of hydrogen-bond donors (Lipinski definition) is 2. The van der Waals surface area contributed by atoms with Crippen LogP contribution in [0.15, 0.2) is 6.20 Å². The van der Waals surface area contributed by atoms with E-state index in [2.05, 4.69) is 39.5 Å². The van der Waals surface area contributed by atoms with Gasteiger partial charge in [-0.1, -0.05) is 13.8 Å². The van der Waals surface area contributed by atoms with Gasteiger partial charge < -0.3 is 10.1 Å². The molecule has 0 saturated heterocycles. The van der Waals surface area contributed by atoms with Gasteiger partial charge in [0.1, 0.15) is 0 Å². The molecule has 2 amide bonds. The summed E-state index contributed by atoms with van der Waals surface area (Å²) in [6.45, 7) is 5.57. The third-order valence-corrected chi connectivity index (χ3v) is 4.13. The summed E-state index contributed by atoms with van der Waals surface area (Å²) in [5.74, 6) is 0.286. The summed E-state index contributed by atoms with van der Waals surface area (Å²) in [6.07, 6.45) is 3.40. The summed E-state index contributed by atoms with van der Waals surface area (Å²) < 4.78 is 7.18. The van der Waals surface area contributed by atoms with E-state index < -0.39 is 0 Å². The highest BCUT2D eigenvalue weighted by atomic mass is 16.5. The number of carbonyl (C=O) groups is 1. The molecule has 0 radical (unpaired) electrons. The highest BCUT2D eigenvalue weighted by molar-refractivity contribution is 5.87. The highest BCUT2D eigenvalue weighted by Gasteiger charge is 2.16. The van der Waals surface area contributed by atoms with Crippen molar-refractivity contribution in [1.29, 1.82) is 0 Å². The van der Waals surface area contributed by atoms with Crippen molar-refractivity contribution >= 4 is 12.0 Å². The third-order valence-electron chi connectivity index (χ3n) is 4.13. The maximum absolute atomic E-state index is 12.1. The van der Waals surface area contributed by atoms with Crippen molar-refractivity contribution in [3.8, 4) is 0 Å². The molecule has 0 bridgehead atoms. The van der Waals surface area contributed by atoms with Crippen molar-refractivity contribution in [2.45, 2.75) is 46.4 Å². The monoisotopic (exact) mass is 330 g/mol. The Morgan fingerprint density at radius 2 is 2.17 bits per heavy atom. The number of hydrogen-bond acceptors (Lipinski definition) is 5. The maximum Gasteiger partial charge on any atom is 0.321 e. The molecule has 0 atom stereocenters. The number of nitrogens with one attached hydrogen (secondary N) is 2. The molecule has 3 rings (SSSR count). The number of aromatic nitrogens is 4. The highest BCUT2D eigenvalue weighted by Crippen LogP contribution is 2.18. The minimum Gasteiger partial charge on any atom is -0.370 e. The molecule has 24 heavy (non-hydrogen) atoms. The molecule has 0 aromatic carbocycles. The van der Waals surface area contributed by atoms with E-state index >= 15 is 0 Å². The molecule has 3 heterocycles. The molecule has 8 nitrogen and oxygen atoms in total. The van der Waals surface area contributed by atoms with Gasteiger partial charge in [0.05, 0.1) is 24.6 Å². The summed E-state index contributed by atoms with van der Waals surface area (Å²) in [5.41, 5.74) is 5.03. The molecule has 1 aliphatic rings. The number of fused-ring (bicyclic) bond motifs is 1. The summed E-state index contributed by atoms with van der Waals surface area (Å²) in [5, 5.41) is 10.0. The van der Waals surface area contributed by atoms with E-state index in [1.807, 2.05) is 11.7 Å². The maximum atomic E-state index is 12.1. The van der Waals surface area contributed by atoms with E-state index in [0.29, 0.717) is 19.8 Å². The van der Waals surface area contributed by atoms with E-state index in [4.69, 9.17) is 4.74 Å². The van der Waals surface area contributed by atoms with Gasteiger partial charge in [-0.05, 0) is 12.8 Å². The number of ether oxygens (including phenoxy) is 1. The Morgan fingerprint density at radius 3 is 2.92 bits per heavy atom. The number of amides is 2. The Morgan fingerprint density at radius 1 is 1.33 bits per heavy atom. The largest absolute Gasteiger partial charge is 0.370 e. The number of anilines is 1. The van der Waals surface area contributed by atoms with Crippen molar-refractivity contribution in [2.75, 3.05) is 5.32 Å². The van der Waals surface area contributed by atoms with E-state index in [1.54, 1.807) is 6.20 Å². The van der Waals surface area contributed by atoms with Gasteiger partial charge in [-0.2, -0.15) is 5.10 Å². The topological polar surface area (TPSA) is 94.0 Å². The minimum atomic E-state index is -0.332. The third kappa shape index (κ3) is 3.23. The smallest absolute Gasteiger partial charge is 0.321 e. The number of nitrogens with zero attached hydrogens (tertiary/aromatic N) is 4. The number of rotatable bonds is 5. The molecular formula is C16H22N6O2. The number of carbonyl (C=O) groups excluding carboxylic acids is 1. The van der Waals surface area contributed by atoms with Crippen LogP contribution in [0.25, 0.3) is 0 Å². The standard InChI is InChI=1S/C16H22N6O2/c1-4-12-11(14(5-2)22(3)21-12)7-18-16(23)20-15-17-6-10-8-24-9-13(10)19-15/h6H,4-5,7-9H2,1-3H3,(H2,17,18,19,20,23). The second-order valence-corrected chi connectivity index (χ2v) is 5.67. The summed E-state index contributed by atoms with van der Waals surface area (Å²) in [4.78, 5) is 20.6. The van der Waals surface area contributed by atoms with Crippen LogP contribution in [0.3, 0.4) is 0 Å². The van der Waals surface area contributed by atoms with Crippen LogP contribution in [0.1, 0.15) is 42.1 Å². The lowest BCUT2D eigenvalue weighted by Gasteiger charge is -2.09. The molecule has 0 saturated carbocycles. The van der Waals surface area contributed by atoms with Gasteiger partial charge in [-0.3, -0.25) is 10.00 Å². The first-order valence-electron chi connectivity index (χ1n) is 8.13. The lowest BCUT2D eigenvalue weighted by molar-refractivity contribution is 0.133. The SMILES string of the molecule is CCc1nn(C)c(CC)c1CNC(=O)Nc1ncc2c(n1)COC2. The van der Waals surface area contributed by atoms with Crippen LogP contribution in [-0.4, -0.2) is 25.8 Å². The predicted octanol–water partition coefficient (Wildman–Crippen LogP) is 1.69. The Balaban J connectivity index is 1.64. The van der Waals surface area contributed by atoms with E-state index in [1.165, 1.54) is 0 Å². The van der Waals surface area contributed by atoms with E-state index in [9.17, 15) is 4.79 Å². The average Bonchev–Trinajstić information content (AvgIpc) is 3.15. The first kappa shape index (κ1) is 16.4.